The van der Waals surface area contributed by atoms with Gasteiger partial charge in [-0.05, 0) is 62.4 Å². The SMILES string of the molecule is CCn1c(-c2ccc(C)cc2)nc(-c2ccc(OC)cc2)c1-c1ccc(OC)cc1. The number of ether oxygens (including phenoxy) is 2. The molecule has 1 heterocycles. The fourth-order valence-corrected chi connectivity index (χ4v) is 3.68. The lowest BCUT2D eigenvalue weighted by Gasteiger charge is -2.12. The van der Waals surface area contributed by atoms with E-state index >= 15 is 0 Å². The number of hydrogen-bond acceptors (Lipinski definition) is 3. The van der Waals surface area contributed by atoms with Crippen LogP contribution in [0.4, 0.5) is 0 Å². The molecule has 0 amide bonds. The fraction of sp³-hybridized carbons (Fsp3) is 0.192. The largest absolute Gasteiger partial charge is 0.497 e. The zero-order valence-electron chi connectivity index (χ0n) is 17.8. The average molecular weight is 399 g/mol. The van der Waals surface area contributed by atoms with Gasteiger partial charge in [-0.15, -0.1) is 0 Å². The minimum Gasteiger partial charge on any atom is -0.497 e. The van der Waals surface area contributed by atoms with Gasteiger partial charge in [0.15, 0.2) is 0 Å². The van der Waals surface area contributed by atoms with Crippen LogP contribution in [0.3, 0.4) is 0 Å². The molecule has 0 spiro atoms. The van der Waals surface area contributed by atoms with E-state index in [-0.39, 0.29) is 0 Å². The predicted molar refractivity (Wildman–Crippen MR) is 122 cm³/mol. The highest BCUT2D eigenvalue weighted by Crippen LogP contribution is 2.37. The molecule has 4 nitrogen and oxygen atoms in total. The molecule has 4 heteroatoms. The molecule has 4 aromatic rings. The Kier molecular flexibility index (Phi) is 5.57. The highest BCUT2D eigenvalue weighted by molar-refractivity contribution is 5.82. The molecular formula is C26H26N2O2. The molecule has 0 fully saturated rings. The summed E-state index contributed by atoms with van der Waals surface area (Å²) in [5.41, 5.74) is 6.56. The van der Waals surface area contributed by atoms with Gasteiger partial charge >= 0.3 is 0 Å². The van der Waals surface area contributed by atoms with Crippen molar-refractivity contribution in [3.8, 4) is 45.4 Å². The lowest BCUT2D eigenvalue weighted by molar-refractivity contribution is 0.414. The molecule has 0 aliphatic carbocycles. The number of nitrogens with zero attached hydrogens (tertiary/aromatic N) is 2. The molecule has 0 aliphatic rings. The van der Waals surface area contributed by atoms with Gasteiger partial charge in [0.25, 0.3) is 0 Å². The fourth-order valence-electron chi connectivity index (χ4n) is 3.68. The maximum absolute atomic E-state index is 5.35. The van der Waals surface area contributed by atoms with Crippen LogP contribution >= 0.6 is 0 Å². The first-order chi connectivity index (χ1) is 14.6. The molecule has 3 aromatic carbocycles. The Morgan fingerprint density at radius 3 is 1.70 bits per heavy atom. The first-order valence-electron chi connectivity index (χ1n) is 10.1. The van der Waals surface area contributed by atoms with E-state index in [1.54, 1.807) is 14.2 Å². The van der Waals surface area contributed by atoms with Gasteiger partial charge in [0.05, 0.1) is 25.6 Å². The van der Waals surface area contributed by atoms with Crippen molar-refractivity contribution < 1.29 is 9.47 Å². The zero-order chi connectivity index (χ0) is 21.1. The highest BCUT2D eigenvalue weighted by Gasteiger charge is 2.20. The Hall–Kier alpha value is -3.53. The van der Waals surface area contributed by atoms with Crippen LogP contribution in [0.15, 0.2) is 72.8 Å². The van der Waals surface area contributed by atoms with Crippen LogP contribution < -0.4 is 9.47 Å². The van der Waals surface area contributed by atoms with Crippen molar-refractivity contribution in [2.45, 2.75) is 20.4 Å². The number of methoxy groups -OCH3 is 2. The van der Waals surface area contributed by atoms with E-state index in [4.69, 9.17) is 14.5 Å². The van der Waals surface area contributed by atoms with E-state index < -0.39 is 0 Å². The monoisotopic (exact) mass is 398 g/mol. The van der Waals surface area contributed by atoms with Crippen molar-refractivity contribution in [2.75, 3.05) is 14.2 Å². The average Bonchev–Trinajstić information content (AvgIpc) is 3.19. The van der Waals surface area contributed by atoms with Crippen molar-refractivity contribution in [1.82, 2.24) is 9.55 Å². The summed E-state index contributed by atoms with van der Waals surface area (Å²) in [6.07, 6.45) is 0. The van der Waals surface area contributed by atoms with Gasteiger partial charge in [0, 0.05) is 23.2 Å². The first kappa shape index (κ1) is 19.8. The second-order valence-electron chi connectivity index (χ2n) is 7.20. The van der Waals surface area contributed by atoms with E-state index in [0.717, 1.165) is 51.9 Å². The summed E-state index contributed by atoms with van der Waals surface area (Å²) in [6, 6.07) is 24.8. The smallest absolute Gasteiger partial charge is 0.141 e. The Balaban J connectivity index is 1.94. The van der Waals surface area contributed by atoms with Crippen LogP contribution in [0.5, 0.6) is 11.5 Å². The van der Waals surface area contributed by atoms with Crippen LogP contribution in [0.1, 0.15) is 12.5 Å². The van der Waals surface area contributed by atoms with E-state index in [1.807, 2.05) is 24.3 Å². The molecule has 0 unspecified atom stereocenters. The van der Waals surface area contributed by atoms with Crippen LogP contribution in [0, 0.1) is 6.92 Å². The second-order valence-corrected chi connectivity index (χ2v) is 7.20. The van der Waals surface area contributed by atoms with Crippen molar-refractivity contribution >= 4 is 0 Å². The summed E-state index contributed by atoms with van der Waals surface area (Å²) < 4.78 is 13.0. The quantitative estimate of drug-likeness (QED) is 0.386. The molecule has 0 radical (unpaired) electrons. The van der Waals surface area contributed by atoms with E-state index in [2.05, 4.69) is 66.9 Å². The van der Waals surface area contributed by atoms with Gasteiger partial charge in [-0.25, -0.2) is 4.98 Å². The molecule has 1 aromatic heterocycles. The number of aromatic nitrogens is 2. The molecule has 0 saturated heterocycles. The van der Waals surface area contributed by atoms with Gasteiger partial charge < -0.3 is 14.0 Å². The molecule has 0 N–H and O–H groups in total. The summed E-state index contributed by atoms with van der Waals surface area (Å²) in [5, 5.41) is 0. The van der Waals surface area contributed by atoms with Gasteiger partial charge in [0.2, 0.25) is 0 Å². The van der Waals surface area contributed by atoms with Crippen molar-refractivity contribution in [3.63, 3.8) is 0 Å². The van der Waals surface area contributed by atoms with Crippen molar-refractivity contribution in [1.29, 1.82) is 0 Å². The molecule has 0 bridgehead atoms. The summed E-state index contributed by atoms with van der Waals surface area (Å²) in [5.74, 6) is 2.64. The van der Waals surface area contributed by atoms with Crippen LogP contribution in [-0.2, 0) is 6.54 Å². The third-order valence-corrected chi connectivity index (χ3v) is 5.32. The number of rotatable bonds is 6. The van der Waals surface area contributed by atoms with Gasteiger partial charge in [-0.3, -0.25) is 0 Å². The summed E-state index contributed by atoms with van der Waals surface area (Å²) >= 11 is 0. The standard InChI is InChI=1S/C26H26N2O2/c1-5-28-25(20-12-16-23(30-4)17-13-20)24(19-10-14-22(29-3)15-11-19)27-26(28)21-8-6-18(2)7-9-21/h6-17H,5H2,1-4H3. The molecule has 0 saturated carbocycles. The molecule has 152 valence electrons. The third-order valence-electron chi connectivity index (χ3n) is 5.32. The molecule has 30 heavy (non-hydrogen) atoms. The van der Waals surface area contributed by atoms with E-state index in [9.17, 15) is 0 Å². The van der Waals surface area contributed by atoms with Gasteiger partial charge in [-0.2, -0.15) is 0 Å². The Morgan fingerprint density at radius 1 is 0.700 bits per heavy atom. The molecule has 4 rings (SSSR count). The summed E-state index contributed by atoms with van der Waals surface area (Å²) in [7, 11) is 3.36. The van der Waals surface area contributed by atoms with Gasteiger partial charge in [0.1, 0.15) is 17.3 Å². The topological polar surface area (TPSA) is 36.3 Å². The molecule has 0 atom stereocenters. The first-order valence-corrected chi connectivity index (χ1v) is 10.1. The predicted octanol–water partition coefficient (Wildman–Crippen LogP) is 6.23. The number of aryl methyl sites for hydroxylation is 1. The van der Waals surface area contributed by atoms with Crippen molar-refractivity contribution in [2.24, 2.45) is 0 Å². The summed E-state index contributed by atoms with van der Waals surface area (Å²) in [4.78, 5) is 5.12. The Morgan fingerprint density at radius 2 is 1.20 bits per heavy atom. The van der Waals surface area contributed by atoms with Crippen LogP contribution in [-0.4, -0.2) is 23.8 Å². The Bertz CT molecular complexity index is 1130. The number of imidazole rings is 1. The van der Waals surface area contributed by atoms with Crippen molar-refractivity contribution in [3.05, 3.63) is 78.4 Å². The maximum atomic E-state index is 5.35. The summed E-state index contributed by atoms with van der Waals surface area (Å²) in [6.45, 7) is 5.07. The normalized spacial score (nSPS) is 10.8. The lowest BCUT2D eigenvalue weighted by Crippen LogP contribution is -2.00. The minimum atomic E-state index is 0.813. The number of hydrogen-bond donors (Lipinski definition) is 0. The highest BCUT2D eigenvalue weighted by atomic mass is 16.5. The maximum Gasteiger partial charge on any atom is 0.141 e. The third kappa shape index (κ3) is 3.69. The van der Waals surface area contributed by atoms with Crippen LogP contribution in [0.2, 0.25) is 0 Å². The molecule has 0 aliphatic heterocycles. The molecular weight excluding hydrogens is 372 g/mol. The number of benzene rings is 3. The minimum absolute atomic E-state index is 0.813. The van der Waals surface area contributed by atoms with Gasteiger partial charge in [-0.1, -0.05) is 29.8 Å². The lowest BCUT2D eigenvalue weighted by atomic mass is 10.0. The second kappa shape index (κ2) is 8.46. The zero-order valence-corrected chi connectivity index (χ0v) is 17.8. The van der Waals surface area contributed by atoms with E-state index in [1.165, 1.54) is 5.56 Å². The van der Waals surface area contributed by atoms with E-state index in [0.29, 0.717) is 0 Å². The Labute approximate surface area is 177 Å². The van der Waals surface area contributed by atoms with Crippen LogP contribution in [0.25, 0.3) is 33.9 Å².